The first-order valence-electron chi connectivity index (χ1n) is 6.11. The fraction of sp³-hybridized carbons (Fsp3) is 0.357. The molecule has 4 N–H and O–H groups in total. The maximum absolute atomic E-state index is 12.1. The molecule has 0 saturated carbocycles. The van der Waals surface area contributed by atoms with Crippen molar-refractivity contribution in [2.45, 2.75) is 19.4 Å². The summed E-state index contributed by atoms with van der Waals surface area (Å²) in [7, 11) is 0. The highest BCUT2D eigenvalue weighted by molar-refractivity contribution is 5.98. The lowest BCUT2D eigenvalue weighted by Crippen LogP contribution is -2.51. The van der Waals surface area contributed by atoms with Crippen molar-refractivity contribution < 1.29 is 15.0 Å². The highest BCUT2D eigenvalue weighted by atomic mass is 16.3. The predicted octanol–water partition coefficient (Wildman–Crippen LogP) is 0.949. The average Bonchev–Trinajstić information content (AvgIpc) is 2.81. The molecule has 0 aliphatic carbocycles. The number of benzene rings is 1. The predicted molar refractivity (Wildman–Crippen MR) is 73.1 cm³/mol. The molecule has 102 valence electrons. The van der Waals surface area contributed by atoms with Crippen LogP contribution in [0.3, 0.4) is 0 Å². The Bertz CT molecular complexity index is 600. The summed E-state index contributed by atoms with van der Waals surface area (Å²) in [6.07, 6.45) is 0. The summed E-state index contributed by atoms with van der Waals surface area (Å²) >= 11 is 0. The molecule has 2 aromatic rings. The van der Waals surface area contributed by atoms with Crippen molar-refractivity contribution in [3.8, 4) is 0 Å². The highest BCUT2D eigenvalue weighted by Crippen LogP contribution is 2.17. The first-order chi connectivity index (χ1) is 8.97. The molecule has 0 atom stereocenters. The Morgan fingerprint density at radius 1 is 1.32 bits per heavy atom. The normalized spacial score (nSPS) is 11.8. The van der Waals surface area contributed by atoms with Crippen LogP contribution in [0.25, 0.3) is 10.9 Å². The van der Waals surface area contributed by atoms with Gasteiger partial charge in [-0.2, -0.15) is 0 Å². The number of hydrogen-bond acceptors (Lipinski definition) is 3. The molecule has 5 heteroatoms. The Kier molecular flexibility index (Phi) is 3.59. The zero-order valence-corrected chi connectivity index (χ0v) is 11.0. The van der Waals surface area contributed by atoms with Gasteiger partial charge in [0.2, 0.25) is 0 Å². The minimum Gasteiger partial charge on any atom is -0.394 e. The molecule has 1 amide bonds. The fourth-order valence-electron chi connectivity index (χ4n) is 1.84. The summed E-state index contributed by atoms with van der Waals surface area (Å²) in [5.41, 5.74) is 1.39. The topological polar surface area (TPSA) is 85.4 Å². The van der Waals surface area contributed by atoms with Crippen LogP contribution < -0.4 is 5.32 Å². The quantitative estimate of drug-likeness (QED) is 0.662. The minimum absolute atomic E-state index is 0.325. The van der Waals surface area contributed by atoms with Crippen LogP contribution in [0.15, 0.2) is 24.3 Å². The number of fused-ring (bicyclic) bond motifs is 1. The number of rotatable bonds is 4. The van der Waals surface area contributed by atoms with Crippen LogP contribution in [0.2, 0.25) is 0 Å². The number of H-pyrrole nitrogens is 1. The molecule has 0 unspecified atom stereocenters. The monoisotopic (exact) mass is 262 g/mol. The molecule has 1 heterocycles. The number of aromatic nitrogens is 1. The number of aromatic amines is 1. The zero-order chi connectivity index (χ0) is 14.0. The molecule has 0 aliphatic heterocycles. The Labute approximate surface area is 111 Å². The molecule has 0 bridgehead atoms. The van der Waals surface area contributed by atoms with Crippen LogP contribution in [-0.4, -0.2) is 39.9 Å². The number of aliphatic hydroxyl groups excluding tert-OH is 2. The molecular formula is C14H18N2O3. The van der Waals surface area contributed by atoms with E-state index < -0.39 is 5.54 Å². The maximum atomic E-state index is 12.1. The number of amides is 1. The van der Waals surface area contributed by atoms with Crippen LogP contribution in [0.4, 0.5) is 0 Å². The third-order valence-corrected chi connectivity index (χ3v) is 3.13. The summed E-state index contributed by atoms with van der Waals surface area (Å²) in [4.78, 5) is 15.1. The number of hydrogen-bond donors (Lipinski definition) is 4. The number of aliphatic hydroxyl groups is 2. The summed E-state index contributed by atoms with van der Waals surface area (Å²) in [6, 6.07) is 7.62. The van der Waals surface area contributed by atoms with E-state index in [-0.39, 0.29) is 19.1 Å². The molecule has 19 heavy (non-hydrogen) atoms. The van der Waals surface area contributed by atoms with Gasteiger partial charge in [-0.05, 0) is 32.0 Å². The van der Waals surface area contributed by atoms with Crippen LogP contribution in [0, 0.1) is 6.92 Å². The number of carbonyl (C=O) groups excluding carboxylic acids is 1. The third-order valence-electron chi connectivity index (χ3n) is 3.13. The van der Waals surface area contributed by atoms with E-state index in [9.17, 15) is 15.0 Å². The smallest absolute Gasteiger partial charge is 0.268 e. The largest absolute Gasteiger partial charge is 0.394 e. The van der Waals surface area contributed by atoms with Crippen LogP contribution in [0.1, 0.15) is 23.0 Å². The molecule has 1 aromatic carbocycles. The van der Waals surface area contributed by atoms with Crippen molar-refractivity contribution in [1.29, 1.82) is 0 Å². The molecular weight excluding hydrogens is 244 g/mol. The van der Waals surface area contributed by atoms with E-state index in [1.165, 1.54) is 0 Å². The molecule has 0 saturated heterocycles. The first kappa shape index (κ1) is 13.6. The van der Waals surface area contributed by atoms with E-state index in [4.69, 9.17) is 0 Å². The lowest BCUT2D eigenvalue weighted by atomic mass is 10.1. The van der Waals surface area contributed by atoms with Crippen molar-refractivity contribution in [3.05, 3.63) is 35.5 Å². The van der Waals surface area contributed by atoms with Gasteiger partial charge in [0.15, 0.2) is 0 Å². The van der Waals surface area contributed by atoms with Crippen molar-refractivity contribution >= 4 is 16.8 Å². The molecule has 0 radical (unpaired) electrons. The Hall–Kier alpha value is -1.85. The summed E-state index contributed by atoms with van der Waals surface area (Å²) < 4.78 is 0. The highest BCUT2D eigenvalue weighted by Gasteiger charge is 2.25. The third kappa shape index (κ3) is 2.77. The second-order valence-corrected chi connectivity index (χ2v) is 5.10. The standard InChI is InChI=1S/C14H18N2O3/c1-9-3-4-11-10(5-9)6-12(15-11)13(19)16-14(2,7-17)8-18/h3-6,15,17-18H,7-8H2,1-2H3,(H,16,19). The van der Waals surface area contributed by atoms with Gasteiger partial charge in [-0.3, -0.25) is 4.79 Å². The number of aryl methyl sites for hydroxylation is 1. The van der Waals surface area contributed by atoms with E-state index in [0.717, 1.165) is 16.5 Å². The van der Waals surface area contributed by atoms with Gasteiger partial charge >= 0.3 is 0 Å². The van der Waals surface area contributed by atoms with Crippen LogP contribution in [-0.2, 0) is 0 Å². The van der Waals surface area contributed by atoms with Gasteiger partial charge in [-0.15, -0.1) is 0 Å². The lowest BCUT2D eigenvalue weighted by molar-refractivity contribution is 0.0720. The van der Waals surface area contributed by atoms with Crippen molar-refractivity contribution in [1.82, 2.24) is 10.3 Å². The van der Waals surface area contributed by atoms with E-state index >= 15 is 0 Å². The summed E-state index contributed by atoms with van der Waals surface area (Å²) in [5, 5.41) is 21.9. The molecule has 0 fully saturated rings. The van der Waals surface area contributed by atoms with E-state index in [0.29, 0.717) is 5.69 Å². The SMILES string of the molecule is Cc1ccc2[nH]c(C(=O)NC(C)(CO)CO)cc2c1. The van der Waals surface area contributed by atoms with Crippen molar-refractivity contribution in [2.24, 2.45) is 0 Å². The number of nitrogens with one attached hydrogen (secondary N) is 2. The van der Waals surface area contributed by atoms with Gasteiger partial charge in [0, 0.05) is 10.9 Å². The Morgan fingerprint density at radius 3 is 2.63 bits per heavy atom. The average molecular weight is 262 g/mol. The minimum atomic E-state index is -1.02. The summed E-state index contributed by atoms with van der Waals surface area (Å²) in [5.74, 6) is -0.348. The summed E-state index contributed by atoms with van der Waals surface area (Å²) in [6.45, 7) is 2.92. The van der Waals surface area contributed by atoms with E-state index in [2.05, 4.69) is 10.3 Å². The first-order valence-corrected chi connectivity index (χ1v) is 6.11. The van der Waals surface area contributed by atoms with Crippen LogP contribution in [0.5, 0.6) is 0 Å². The van der Waals surface area contributed by atoms with Gasteiger partial charge in [0.05, 0.1) is 18.8 Å². The van der Waals surface area contributed by atoms with E-state index in [1.54, 1.807) is 13.0 Å². The van der Waals surface area contributed by atoms with Crippen LogP contribution >= 0.6 is 0 Å². The van der Waals surface area contributed by atoms with Gasteiger partial charge in [-0.25, -0.2) is 0 Å². The van der Waals surface area contributed by atoms with Gasteiger partial charge in [-0.1, -0.05) is 11.6 Å². The Balaban J connectivity index is 2.27. The molecule has 0 aliphatic rings. The Morgan fingerprint density at radius 2 is 2.00 bits per heavy atom. The van der Waals surface area contributed by atoms with Crippen molar-refractivity contribution in [3.63, 3.8) is 0 Å². The maximum Gasteiger partial charge on any atom is 0.268 e. The molecule has 2 rings (SSSR count). The van der Waals surface area contributed by atoms with Gasteiger partial charge in [0.1, 0.15) is 5.69 Å². The molecule has 1 aromatic heterocycles. The zero-order valence-electron chi connectivity index (χ0n) is 11.0. The second kappa shape index (κ2) is 5.03. The lowest BCUT2D eigenvalue weighted by Gasteiger charge is -2.25. The number of carbonyl (C=O) groups is 1. The van der Waals surface area contributed by atoms with E-state index in [1.807, 2.05) is 25.1 Å². The second-order valence-electron chi connectivity index (χ2n) is 5.10. The van der Waals surface area contributed by atoms with Gasteiger partial charge in [0.25, 0.3) is 5.91 Å². The molecule has 5 nitrogen and oxygen atoms in total. The molecule has 0 spiro atoms. The van der Waals surface area contributed by atoms with Gasteiger partial charge < -0.3 is 20.5 Å². The fourth-order valence-corrected chi connectivity index (χ4v) is 1.84. The van der Waals surface area contributed by atoms with Crippen molar-refractivity contribution in [2.75, 3.05) is 13.2 Å².